The Bertz CT molecular complexity index is 1210. The largest absolute Gasteiger partial charge is 0.493 e. The van der Waals surface area contributed by atoms with Crippen LogP contribution in [0.3, 0.4) is 0 Å². The molecule has 4 rings (SSSR count). The zero-order valence-corrected chi connectivity index (χ0v) is 21.6. The van der Waals surface area contributed by atoms with Gasteiger partial charge in [-0.25, -0.2) is 0 Å². The maximum Gasteiger partial charge on any atom is 0.267 e. The highest BCUT2D eigenvalue weighted by Crippen LogP contribution is 2.46. The summed E-state index contributed by atoms with van der Waals surface area (Å²) in [6.07, 6.45) is 1.46. The van der Waals surface area contributed by atoms with Crippen molar-refractivity contribution in [3.8, 4) is 23.3 Å². The van der Waals surface area contributed by atoms with Crippen LogP contribution in [0.2, 0.25) is 0 Å². The van der Waals surface area contributed by atoms with Gasteiger partial charge in [0.2, 0.25) is 11.8 Å². The number of ether oxygens (including phenoxy) is 4. The van der Waals surface area contributed by atoms with Gasteiger partial charge in [-0.05, 0) is 56.9 Å². The van der Waals surface area contributed by atoms with Gasteiger partial charge in [-0.15, -0.1) is 0 Å². The maximum atomic E-state index is 12.1. The van der Waals surface area contributed by atoms with Gasteiger partial charge in [-0.3, -0.25) is 9.18 Å². The van der Waals surface area contributed by atoms with E-state index >= 15 is 0 Å². The van der Waals surface area contributed by atoms with Crippen molar-refractivity contribution in [1.29, 1.82) is 0 Å². The fourth-order valence-electron chi connectivity index (χ4n) is 4.81. The van der Waals surface area contributed by atoms with Crippen molar-refractivity contribution in [2.24, 2.45) is 4.99 Å². The van der Waals surface area contributed by atoms with Crippen molar-refractivity contribution in [2.75, 3.05) is 33.7 Å². The Hall–Kier alpha value is -2.85. The number of rotatable bonds is 9. The minimum atomic E-state index is -3.55. The van der Waals surface area contributed by atoms with Gasteiger partial charge in [0.15, 0.2) is 11.5 Å². The molecule has 0 saturated heterocycles. The molecule has 0 unspecified atom stereocenters. The highest BCUT2D eigenvalue weighted by molar-refractivity contribution is 7.86. The van der Waals surface area contributed by atoms with Crippen molar-refractivity contribution >= 4 is 15.8 Å². The maximum absolute atomic E-state index is 12.1. The summed E-state index contributed by atoms with van der Waals surface area (Å²) < 4.78 is 52.1. The van der Waals surface area contributed by atoms with Crippen LogP contribution in [0.4, 0.5) is 0 Å². The van der Waals surface area contributed by atoms with E-state index in [1.165, 1.54) is 0 Å². The Morgan fingerprint density at radius 2 is 1.77 bits per heavy atom. The normalized spacial score (nSPS) is 21.4. The highest BCUT2D eigenvalue weighted by Gasteiger charge is 2.40. The van der Waals surface area contributed by atoms with Crippen LogP contribution in [0.15, 0.2) is 29.3 Å². The summed E-state index contributed by atoms with van der Waals surface area (Å²) in [7, 11) is 1.17. The molecule has 1 saturated carbocycles. The summed E-state index contributed by atoms with van der Waals surface area (Å²) in [6.45, 7) is 3.99. The van der Waals surface area contributed by atoms with Crippen LogP contribution < -0.4 is 18.9 Å². The molecule has 0 amide bonds. The average Bonchev–Trinajstić information content (AvgIpc) is 2.87. The molecule has 190 valence electrons. The van der Waals surface area contributed by atoms with Crippen molar-refractivity contribution in [1.82, 2.24) is 4.98 Å². The smallest absolute Gasteiger partial charge is 0.267 e. The monoisotopic (exact) mass is 504 g/mol. The molecule has 3 atom stereocenters. The van der Waals surface area contributed by atoms with Gasteiger partial charge >= 0.3 is 0 Å². The Morgan fingerprint density at radius 3 is 2.43 bits per heavy atom. The zero-order chi connectivity index (χ0) is 25.2. The fourth-order valence-corrected chi connectivity index (χ4v) is 5.53. The SMILES string of the molecule is CCOc1cc2c(cc1OC)C(c1ccc(OC)nc1OC)=N[C@@H]1CC[C@@H](OS(=O)(=O)CC)C[C@H]21. The quantitative estimate of drug-likeness (QED) is 0.476. The fraction of sp³-hybridized carbons (Fsp3) is 0.520. The third-order valence-corrected chi connectivity index (χ3v) is 7.75. The van der Waals surface area contributed by atoms with Crippen LogP contribution in [-0.2, 0) is 14.3 Å². The molecule has 2 aromatic rings. The van der Waals surface area contributed by atoms with Gasteiger partial charge in [0, 0.05) is 17.5 Å². The summed E-state index contributed by atoms with van der Waals surface area (Å²) in [5.74, 6) is 2.01. The second kappa shape index (κ2) is 10.4. The number of aromatic nitrogens is 1. The summed E-state index contributed by atoms with van der Waals surface area (Å²) in [6, 6.07) is 7.53. The highest BCUT2D eigenvalue weighted by atomic mass is 32.2. The lowest BCUT2D eigenvalue weighted by Gasteiger charge is -2.38. The summed E-state index contributed by atoms with van der Waals surface area (Å²) in [5.41, 5.74) is 3.38. The van der Waals surface area contributed by atoms with Crippen molar-refractivity contribution < 1.29 is 31.5 Å². The number of pyridine rings is 1. The predicted molar refractivity (Wildman–Crippen MR) is 132 cm³/mol. The molecule has 1 aromatic carbocycles. The average molecular weight is 505 g/mol. The van der Waals surface area contributed by atoms with E-state index in [-0.39, 0.29) is 23.8 Å². The first-order valence-electron chi connectivity index (χ1n) is 11.8. The van der Waals surface area contributed by atoms with Crippen molar-refractivity contribution in [3.63, 3.8) is 0 Å². The number of benzene rings is 1. The number of methoxy groups -OCH3 is 3. The van der Waals surface area contributed by atoms with Gasteiger partial charge in [0.25, 0.3) is 10.1 Å². The van der Waals surface area contributed by atoms with Gasteiger partial charge in [-0.1, -0.05) is 0 Å². The molecule has 1 aliphatic heterocycles. The summed E-state index contributed by atoms with van der Waals surface area (Å²) in [4.78, 5) is 9.58. The molecule has 1 aromatic heterocycles. The Kier molecular flexibility index (Phi) is 7.51. The molecule has 1 aliphatic carbocycles. The second-order valence-electron chi connectivity index (χ2n) is 8.46. The van der Waals surface area contributed by atoms with Crippen LogP contribution in [0.5, 0.6) is 23.3 Å². The van der Waals surface area contributed by atoms with E-state index < -0.39 is 10.1 Å². The van der Waals surface area contributed by atoms with Crippen LogP contribution in [0.25, 0.3) is 0 Å². The number of nitrogens with zero attached hydrogens (tertiary/aromatic N) is 2. The van der Waals surface area contributed by atoms with E-state index in [4.69, 9.17) is 28.1 Å². The van der Waals surface area contributed by atoms with Gasteiger partial charge < -0.3 is 18.9 Å². The van der Waals surface area contributed by atoms with Crippen LogP contribution in [0, 0.1) is 0 Å². The molecule has 0 N–H and O–H groups in total. The Morgan fingerprint density at radius 1 is 0.971 bits per heavy atom. The molecule has 2 heterocycles. The van der Waals surface area contributed by atoms with Gasteiger partial charge in [0.05, 0.1) is 57.1 Å². The van der Waals surface area contributed by atoms with E-state index in [0.29, 0.717) is 49.1 Å². The molecule has 9 nitrogen and oxygen atoms in total. The van der Waals surface area contributed by atoms with E-state index in [0.717, 1.165) is 22.4 Å². The molecular formula is C25H32N2O7S. The molecule has 0 spiro atoms. The summed E-state index contributed by atoms with van der Waals surface area (Å²) in [5, 5.41) is 0. The van der Waals surface area contributed by atoms with E-state index in [1.807, 2.05) is 25.1 Å². The first-order valence-corrected chi connectivity index (χ1v) is 13.3. The number of fused-ring (bicyclic) bond motifs is 3. The minimum absolute atomic E-state index is 0.0260. The molecule has 2 aliphatic rings. The lowest BCUT2D eigenvalue weighted by molar-refractivity contribution is 0.140. The first kappa shape index (κ1) is 25.2. The molecule has 1 fully saturated rings. The van der Waals surface area contributed by atoms with Crippen LogP contribution >= 0.6 is 0 Å². The molecule has 0 radical (unpaired) electrons. The van der Waals surface area contributed by atoms with Crippen molar-refractivity contribution in [3.05, 3.63) is 41.0 Å². The van der Waals surface area contributed by atoms with Gasteiger partial charge in [0.1, 0.15) is 0 Å². The lowest BCUT2D eigenvalue weighted by Crippen LogP contribution is -2.36. The number of aliphatic imine (C=N–C) groups is 1. The Labute approximate surface area is 206 Å². The van der Waals surface area contributed by atoms with Gasteiger partial charge in [-0.2, -0.15) is 13.4 Å². The first-order chi connectivity index (χ1) is 16.8. The van der Waals surface area contributed by atoms with Crippen LogP contribution in [-0.4, -0.2) is 64.9 Å². The third kappa shape index (κ3) is 5.08. The second-order valence-corrected chi connectivity index (χ2v) is 10.3. The van der Waals surface area contributed by atoms with E-state index in [2.05, 4.69) is 4.98 Å². The van der Waals surface area contributed by atoms with Crippen molar-refractivity contribution in [2.45, 2.75) is 51.2 Å². The lowest BCUT2D eigenvalue weighted by atomic mass is 9.74. The third-order valence-electron chi connectivity index (χ3n) is 6.48. The molecule has 10 heteroatoms. The van der Waals surface area contributed by atoms with Crippen LogP contribution in [0.1, 0.15) is 55.7 Å². The molecule has 35 heavy (non-hydrogen) atoms. The molecular weight excluding hydrogens is 472 g/mol. The standard InChI is InChI=1S/C25H32N2O7S/c1-6-33-22-13-17-18-12-15(34-35(28,29)7-2)8-10-20(18)26-24(19(17)14-21(22)30-3)16-9-11-23(31-4)27-25(16)32-5/h9,11,13-15,18,20H,6-8,10,12H2,1-5H3/t15-,18-,20-/m1/s1. The van der Waals surface area contributed by atoms with E-state index in [1.54, 1.807) is 34.3 Å². The molecule has 0 bridgehead atoms. The Balaban J connectivity index is 1.83. The van der Waals surface area contributed by atoms with E-state index in [9.17, 15) is 8.42 Å². The summed E-state index contributed by atoms with van der Waals surface area (Å²) >= 11 is 0. The number of hydrogen-bond donors (Lipinski definition) is 0. The number of hydrogen-bond acceptors (Lipinski definition) is 9. The topological polar surface area (TPSA) is 106 Å². The predicted octanol–water partition coefficient (Wildman–Crippen LogP) is 3.73. The zero-order valence-electron chi connectivity index (χ0n) is 20.7. The minimum Gasteiger partial charge on any atom is -0.493 e.